The first-order chi connectivity index (χ1) is 12.3. The zero-order valence-electron chi connectivity index (χ0n) is 15.2. The summed E-state index contributed by atoms with van der Waals surface area (Å²) in [5.41, 5.74) is -0.302. The van der Waals surface area contributed by atoms with Gasteiger partial charge in [-0.3, -0.25) is 9.59 Å². The number of hydrogen-bond acceptors (Lipinski definition) is 5. The second kappa shape index (κ2) is 5.84. The Bertz CT molecular complexity index is 712. The first-order valence-corrected chi connectivity index (χ1v) is 9.42. The van der Waals surface area contributed by atoms with E-state index < -0.39 is 34.7 Å². The van der Waals surface area contributed by atoms with Gasteiger partial charge in [0.2, 0.25) is 0 Å². The minimum Gasteiger partial charge on any atom is -0.481 e. The van der Waals surface area contributed by atoms with E-state index in [2.05, 4.69) is 6.92 Å². The van der Waals surface area contributed by atoms with Gasteiger partial charge in [0.25, 0.3) is 0 Å². The summed E-state index contributed by atoms with van der Waals surface area (Å²) in [6.45, 7) is 4.00. The van der Waals surface area contributed by atoms with Crippen molar-refractivity contribution in [2.24, 2.45) is 28.6 Å². The second-order valence-electron chi connectivity index (χ2n) is 8.74. The number of aliphatic hydroxyl groups excluding tert-OH is 1. The Morgan fingerprint density at radius 1 is 1.31 bits per heavy atom. The number of hydrogen-bond donors (Lipinski definition) is 2. The summed E-state index contributed by atoms with van der Waals surface area (Å²) in [7, 11) is 0. The first-order valence-electron chi connectivity index (χ1n) is 9.42. The van der Waals surface area contributed by atoms with Gasteiger partial charge in [-0.05, 0) is 43.1 Å². The Labute approximate surface area is 152 Å². The van der Waals surface area contributed by atoms with Crippen molar-refractivity contribution in [2.45, 2.75) is 58.2 Å². The van der Waals surface area contributed by atoms with Crippen LogP contribution in [0.4, 0.5) is 0 Å². The molecule has 0 aromatic carbocycles. The van der Waals surface area contributed by atoms with Crippen molar-refractivity contribution in [3.05, 3.63) is 24.2 Å². The SMILES string of the molecule is C[C@@]12C(O)CC3C(=O)OC(c4ccoc4)C[C@@]3(C)[C@@H]1CCCC2C(=O)O. The maximum Gasteiger partial charge on any atom is 0.310 e. The molecule has 3 fully saturated rings. The van der Waals surface area contributed by atoms with Crippen LogP contribution >= 0.6 is 0 Å². The van der Waals surface area contributed by atoms with E-state index in [9.17, 15) is 19.8 Å². The van der Waals surface area contributed by atoms with E-state index in [4.69, 9.17) is 9.15 Å². The highest BCUT2D eigenvalue weighted by Gasteiger charge is 2.66. The van der Waals surface area contributed by atoms with Crippen molar-refractivity contribution in [3.8, 4) is 0 Å². The molecule has 6 heteroatoms. The molecule has 1 saturated heterocycles. The van der Waals surface area contributed by atoms with Gasteiger partial charge in [0.05, 0.1) is 30.5 Å². The number of carboxylic acid groups (broad SMARTS) is 1. The first kappa shape index (κ1) is 17.6. The zero-order valence-corrected chi connectivity index (χ0v) is 15.2. The van der Waals surface area contributed by atoms with Crippen molar-refractivity contribution in [3.63, 3.8) is 0 Å². The molecule has 1 aromatic rings. The molecule has 2 heterocycles. The number of aliphatic hydroxyl groups is 1. The van der Waals surface area contributed by atoms with Crippen LogP contribution in [0.5, 0.6) is 0 Å². The van der Waals surface area contributed by atoms with E-state index in [-0.39, 0.29) is 24.4 Å². The van der Waals surface area contributed by atoms with Crippen molar-refractivity contribution in [1.82, 2.24) is 0 Å². The van der Waals surface area contributed by atoms with Gasteiger partial charge in [-0.1, -0.05) is 20.3 Å². The average Bonchev–Trinajstić information content (AvgIpc) is 3.11. The van der Waals surface area contributed by atoms with E-state index in [1.165, 1.54) is 0 Å². The summed E-state index contributed by atoms with van der Waals surface area (Å²) in [4.78, 5) is 24.7. The van der Waals surface area contributed by atoms with Crippen molar-refractivity contribution in [2.75, 3.05) is 0 Å². The predicted molar refractivity (Wildman–Crippen MR) is 91.0 cm³/mol. The van der Waals surface area contributed by atoms with Gasteiger partial charge >= 0.3 is 11.9 Å². The Balaban J connectivity index is 1.76. The number of carboxylic acids is 1. The van der Waals surface area contributed by atoms with Crippen LogP contribution in [0.1, 0.15) is 57.6 Å². The highest BCUT2D eigenvalue weighted by molar-refractivity contribution is 5.76. The van der Waals surface area contributed by atoms with Crippen LogP contribution in [0.3, 0.4) is 0 Å². The summed E-state index contributed by atoms with van der Waals surface area (Å²) in [6, 6.07) is 1.80. The van der Waals surface area contributed by atoms with Crippen LogP contribution < -0.4 is 0 Å². The van der Waals surface area contributed by atoms with Crippen LogP contribution in [-0.4, -0.2) is 28.3 Å². The molecule has 7 atom stereocenters. The number of esters is 1. The molecular formula is C20H26O6. The third-order valence-corrected chi connectivity index (χ3v) is 7.64. The molecule has 6 nitrogen and oxygen atoms in total. The lowest BCUT2D eigenvalue weighted by Gasteiger charge is -2.62. The Kier molecular flexibility index (Phi) is 3.95. The summed E-state index contributed by atoms with van der Waals surface area (Å²) in [5.74, 6) is -2.15. The van der Waals surface area contributed by atoms with Crippen molar-refractivity contribution < 1.29 is 29.0 Å². The number of carbonyl (C=O) groups is 2. The van der Waals surface area contributed by atoms with Crippen molar-refractivity contribution in [1.29, 1.82) is 0 Å². The summed E-state index contributed by atoms with van der Waals surface area (Å²) in [5, 5.41) is 20.7. The molecule has 142 valence electrons. The van der Waals surface area contributed by atoms with Gasteiger partial charge in [0, 0.05) is 11.0 Å². The van der Waals surface area contributed by atoms with E-state index in [1.807, 2.05) is 6.92 Å². The summed E-state index contributed by atoms with van der Waals surface area (Å²) >= 11 is 0. The quantitative estimate of drug-likeness (QED) is 0.785. The molecule has 2 saturated carbocycles. The van der Waals surface area contributed by atoms with Gasteiger partial charge in [-0.15, -0.1) is 0 Å². The minimum atomic E-state index is -0.844. The number of ether oxygens (including phenoxy) is 1. The van der Waals surface area contributed by atoms with Gasteiger partial charge in [0.1, 0.15) is 6.10 Å². The number of aliphatic carboxylic acids is 1. The Morgan fingerprint density at radius 2 is 2.08 bits per heavy atom. The molecule has 1 aromatic heterocycles. The van der Waals surface area contributed by atoms with Crippen LogP contribution in [-0.2, 0) is 14.3 Å². The largest absolute Gasteiger partial charge is 0.481 e. The van der Waals surface area contributed by atoms with Gasteiger partial charge in [-0.2, -0.15) is 0 Å². The minimum absolute atomic E-state index is 0.0409. The van der Waals surface area contributed by atoms with Gasteiger partial charge < -0.3 is 19.4 Å². The number of rotatable bonds is 2. The lowest BCUT2D eigenvalue weighted by atomic mass is 9.43. The zero-order chi connectivity index (χ0) is 18.7. The highest BCUT2D eigenvalue weighted by Crippen LogP contribution is 2.65. The number of cyclic esters (lactones) is 1. The monoisotopic (exact) mass is 362 g/mol. The predicted octanol–water partition coefficient (Wildman–Crippen LogP) is 3.16. The second-order valence-corrected chi connectivity index (χ2v) is 8.74. The lowest BCUT2D eigenvalue weighted by molar-refractivity contribution is -0.226. The number of carbonyl (C=O) groups excluding carboxylic acids is 1. The maximum atomic E-state index is 12.8. The molecule has 3 aliphatic rings. The molecule has 2 aliphatic carbocycles. The van der Waals surface area contributed by atoms with Gasteiger partial charge in [-0.25, -0.2) is 0 Å². The normalized spacial score (nSPS) is 45.3. The Morgan fingerprint density at radius 3 is 2.73 bits per heavy atom. The maximum absolute atomic E-state index is 12.8. The molecule has 0 radical (unpaired) electrons. The van der Waals surface area contributed by atoms with Crippen LogP contribution in [0.15, 0.2) is 23.0 Å². The smallest absolute Gasteiger partial charge is 0.310 e. The van der Waals surface area contributed by atoms with Crippen molar-refractivity contribution >= 4 is 11.9 Å². The topological polar surface area (TPSA) is 97.0 Å². The van der Waals surface area contributed by atoms with E-state index in [0.717, 1.165) is 18.4 Å². The molecule has 4 rings (SSSR count). The third-order valence-electron chi connectivity index (χ3n) is 7.64. The van der Waals surface area contributed by atoms with Crippen LogP contribution in [0.25, 0.3) is 0 Å². The molecule has 4 unspecified atom stereocenters. The molecule has 26 heavy (non-hydrogen) atoms. The molecular weight excluding hydrogens is 336 g/mol. The molecule has 0 spiro atoms. The van der Waals surface area contributed by atoms with Crippen LogP contribution in [0, 0.1) is 28.6 Å². The van der Waals surface area contributed by atoms with Crippen LogP contribution in [0.2, 0.25) is 0 Å². The third kappa shape index (κ3) is 2.27. The Hall–Kier alpha value is -1.82. The standard InChI is InChI=1S/C20H26O6/c1-19-9-14(11-6-7-25-10-11)26-18(24)13(19)8-16(21)20(2)12(17(22)23)4-3-5-15(19)20/h6-7,10,12-16,21H,3-5,8-9H2,1-2H3,(H,22,23)/t12?,13?,14?,15-,16?,19+,20-/m0/s1. The lowest BCUT2D eigenvalue weighted by Crippen LogP contribution is -2.64. The van der Waals surface area contributed by atoms with Gasteiger partial charge in [0.15, 0.2) is 0 Å². The fourth-order valence-electron chi connectivity index (χ4n) is 6.23. The van der Waals surface area contributed by atoms with E-state index >= 15 is 0 Å². The van der Waals surface area contributed by atoms with E-state index in [0.29, 0.717) is 12.8 Å². The summed E-state index contributed by atoms with van der Waals surface area (Å²) < 4.78 is 10.8. The highest BCUT2D eigenvalue weighted by atomic mass is 16.5. The number of fused-ring (bicyclic) bond motifs is 3. The average molecular weight is 362 g/mol. The molecule has 2 N–H and O–H groups in total. The molecule has 0 bridgehead atoms. The fourth-order valence-corrected chi connectivity index (χ4v) is 6.23. The molecule has 1 aliphatic heterocycles. The van der Waals surface area contributed by atoms with E-state index in [1.54, 1.807) is 18.6 Å². The molecule has 0 amide bonds. The summed E-state index contributed by atoms with van der Waals surface area (Å²) in [6.07, 6.45) is 5.07. The fraction of sp³-hybridized carbons (Fsp3) is 0.700. The number of furan rings is 1.